The first-order valence-corrected chi connectivity index (χ1v) is 5.08. The van der Waals surface area contributed by atoms with E-state index in [9.17, 15) is 0 Å². The third kappa shape index (κ3) is 1.67. The minimum Gasteiger partial charge on any atom is -0.258 e. The number of rotatable bonds is 1. The van der Waals surface area contributed by atoms with E-state index >= 15 is 0 Å². The van der Waals surface area contributed by atoms with Gasteiger partial charge in [0.05, 0.1) is 0 Å². The Morgan fingerprint density at radius 3 is 2.20 bits per heavy atom. The third-order valence-corrected chi connectivity index (χ3v) is 2.37. The summed E-state index contributed by atoms with van der Waals surface area (Å²) in [7, 11) is 1.24. The first kappa shape index (κ1) is 7.47. The highest BCUT2D eigenvalue weighted by molar-refractivity contribution is 6.08. The average Bonchev–Trinajstić information content (AvgIpc) is 1.85. The second-order valence-electron chi connectivity index (χ2n) is 2.61. The fraction of sp³-hybridized carbons (Fsp3) is 0.375. The summed E-state index contributed by atoms with van der Waals surface area (Å²) in [5.74, 6) is 0. The molecule has 0 aliphatic carbocycles. The van der Waals surface area contributed by atoms with E-state index in [0.29, 0.717) is 0 Å². The topological polar surface area (TPSA) is 12.9 Å². The van der Waals surface area contributed by atoms with Gasteiger partial charge in [0, 0.05) is 21.6 Å². The van der Waals surface area contributed by atoms with Gasteiger partial charge in [-0.2, -0.15) is 0 Å². The van der Waals surface area contributed by atoms with Gasteiger partial charge < -0.3 is 0 Å². The van der Waals surface area contributed by atoms with E-state index in [2.05, 4.69) is 17.1 Å². The Morgan fingerprint density at radius 2 is 1.80 bits per heavy atom. The van der Waals surface area contributed by atoms with E-state index in [0.717, 1.165) is 11.4 Å². The number of pyridine rings is 1. The van der Waals surface area contributed by atoms with E-state index in [4.69, 9.17) is 0 Å². The van der Waals surface area contributed by atoms with Crippen LogP contribution in [0, 0.1) is 13.8 Å². The van der Waals surface area contributed by atoms with Gasteiger partial charge in [-0.3, -0.25) is 4.98 Å². The third-order valence-electron chi connectivity index (χ3n) is 1.55. The number of nitrogens with zero attached hydrogens (tertiary/aromatic N) is 1. The van der Waals surface area contributed by atoms with E-state index in [1.165, 1.54) is 21.9 Å². The maximum atomic E-state index is 4.30. The van der Waals surface area contributed by atoms with E-state index in [1.807, 2.05) is 13.8 Å². The van der Waals surface area contributed by atoms with Crippen LogP contribution in [-0.4, -0.2) is 15.2 Å². The SMILES string of the molecule is Cc1cc(C[SiH3])cc(C)n1. The van der Waals surface area contributed by atoms with Gasteiger partial charge in [0.2, 0.25) is 0 Å². The summed E-state index contributed by atoms with van der Waals surface area (Å²) in [6, 6.07) is 5.57. The average molecular weight is 151 g/mol. The predicted molar refractivity (Wildman–Crippen MR) is 47.4 cm³/mol. The van der Waals surface area contributed by atoms with Gasteiger partial charge in [-0.1, -0.05) is 0 Å². The van der Waals surface area contributed by atoms with Crippen LogP contribution in [0.25, 0.3) is 0 Å². The molecule has 0 aliphatic heterocycles. The van der Waals surface area contributed by atoms with Gasteiger partial charge in [-0.05, 0) is 37.6 Å². The molecule has 0 aromatic carbocycles. The van der Waals surface area contributed by atoms with Crippen LogP contribution in [-0.2, 0) is 6.04 Å². The highest BCUT2D eigenvalue weighted by Crippen LogP contribution is 2.03. The van der Waals surface area contributed by atoms with Crippen molar-refractivity contribution in [1.29, 1.82) is 0 Å². The molecule has 1 aromatic heterocycles. The molecule has 0 N–H and O–H groups in total. The standard InChI is InChI=1S/C8H13NSi/c1-6-3-8(5-10)4-7(2)9-6/h3-4H,5H2,1-2,10H3. The van der Waals surface area contributed by atoms with Gasteiger partial charge in [0.25, 0.3) is 0 Å². The molecule has 0 bridgehead atoms. The van der Waals surface area contributed by atoms with Crippen molar-refractivity contribution in [3.8, 4) is 0 Å². The van der Waals surface area contributed by atoms with Gasteiger partial charge in [0.1, 0.15) is 0 Å². The molecule has 54 valence electrons. The Morgan fingerprint density at radius 1 is 1.30 bits per heavy atom. The van der Waals surface area contributed by atoms with Crippen molar-refractivity contribution < 1.29 is 0 Å². The zero-order valence-electron chi connectivity index (χ0n) is 6.81. The lowest BCUT2D eigenvalue weighted by Crippen LogP contribution is -1.90. The lowest BCUT2D eigenvalue weighted by atomic mass is 10.2. The first-order valence-electron chi connectivity index (χ1n) is 3.66. The number of aryl methyl sites for hydroxylation is 2. The number of hydrogen-bond donors (Lipinski definition) is 0. The van der Waals surface area contributed by atoms with Crippen LogP contribution in [0.3, 0.4) is 0 Å². The molecule has 0 spiro atoms. The quantitative estimate of drug-likeness (QED) is 0.535. The van der Waals surface area contributed by atoms with E-state index < -0.39 is 0 Å². The normalized spacial score (nSPS) is 10.2. The van der Waals surface area contributed by atoms with Crippen LogP contribution in [0.15, 0.2) is 12.1 Å². The van der Waals surface area contributed by atoms with Gasteiger partial charge in [-0.25, -0.2) is 0 Å². The molecule has 0 fully saturated rings. The molecule has 1 rings (SSSR count). The maximum Gasteiger partial charge on any atom is 0.0378 e. The van der Waals surface area contributed by atoms with E-state index in [-0.39, 0.29) is 0 Å². The first-order chi connectivity index (χ1) is 4.72. The van der Waals surface area contributed by atoms with Crippen LogP contribution in [0.1, 0.15) is 17.0 Å². The molecule has 0 aliphatic rings. The van der Waals surface area contributed by atoms with Crippen molar-refractivity contribution in [2.45, 2.75) is 19.9 Å². The van der Waals surface area contributed by atoms with Crippen molar-refractivity contribution in [2.75, 3.05) is 0 Å². The summed E-state index contributed by atoms with van der Waals surface area (Å²) >= 11 is 0. The molecular formula is C8H13NSi. The Hall–Kier alpha value is -0.633. The lowest BCUT2D eigenvalue weighted by Gasteiger charge is -1.99. The van der Waals surface area contributed by atoms with E-state index in [1.54, 1.807) is 0 Å². The summed E-state index contributed by atoms with van der Waals surface area (Å²) < 4.78 is 0. The highest BCUT2D eigenvalue weighted by Gasteiger charge is 1.92. The summed E-state index contributed by atoms with van der Waals surface area (Å²) in [5.41, 5.74) is 3.73. The van der Waals surface area contributed by atoms with Crippen LogP contribution < -0.4 is 0 Å². The van der Waals surface area contributed by atoms with Crippen molar-refractivity contribution >= 4 is 10.2 Å². The van der Waals surface area contributed by atoms with Crippen molar-refractivity contribution in [3.63, 3.8) is 0 Å². The van der Waals surface area contributed by atoms with Crippen LogP contribution >= 0.6 is 0 Å². The van der Waals surface area contributed by atoms with Gasteiger partial charge in [0.15, 0.2) is 0 Å². The minimum absolute atomic E-state index is 1.14. The van der Waals surface area contributed by atoms with Crippen LogP contribution in [0.4, 0.5) is 0 Å². The van der Waals surface area contributed by atoms with Crippen molar-refractivity contribution in [3.05, 3.63) is 29.1 Å². The molecule has 0 radical (unpaired) electrons. The molecule has 0 amide bonds. The molecule has 1 nitrogen and oxygen atoms in total. The smallest absolute Gasteiger partial charge is 0.0378 e. The zero-order valence-corrected chi connectivity index (χ0v) is 8.81. The molecule has 0 saturated heterocycles. The van der Waals surface area contributed by atoms with Crippen LogP contribution in [0.5, 0.6) is 0 Å². The second kappa shape index (κ2) is 2.97. The summed E-state index contributed by atoms with van der Waals surface area (Å²) in [5, 5.41) is 0. The molecule has 1 aromatic rings. The van der Waals surface area contributed by atoms with Crippen molar-refractivity contribution in [2.24, 2.45) is 0 Å². The Balaban J connectivity index is 3.06. The minimum atomic E-state index is 1.14. The highest BCUT2D eigenvalue weighted by atomic mass is 28.1. The molecule has 2 heteroatoms. The number of aromatic nitrogens is 1. The number of hydrogen-bond acceptors (Lipinski definition) is 1. The molecule has 1 heterocycles. The Bertz CT molecular complexity index is 212. The Kier molecular flexibility index (Phi) is 2.22. The summed E-state index contributed by atoms with van der Waals surface area (Å²) in [4.78, 5) is 4.30. The zero-order chi connectivity index (χ0) is 7.56. The Labute approximate surface area is 64.9 Å². The molecule has 0 saturated carbocycles. The maximum absolute atomic E-state index is 4.30. The molecule has 0 unspecified atom stereocenters. The molecule has 0 atom stereocenters. The fourth-order valence-electron chi connectivity index (χ4n) is 1.13. The fourth-order valence-corrected chi connectivity index (χ4v) is 1.53. The monoisotopic (exact) mass is 151 g/mol. The molecular weight excluding hydrogens is 138 g/mol. The predicted octanol–water partition coefficient (Wildman–Crippen LogP) is 0.564. The largest absolute Gasteiger partial charge is 0.258 e. The summed E-state index contributed by atoms with van der Waals surface area (Å²) in [6.45, 7) is 4.10. The summed E-state index contributed by atoms with van der Waals surface area (Å²) in [6.07, 6.45) is 0. The van der Waals surface area contributed by atoms with Gasteiger partial charge >= 0.3 is 0 Å². The lowest BCUT2D eigenvalue weighted by molar-refractivity contribution is 1.10. The van der Waals surface area contributed by atoms with Crippen LogP contribution in [0.2, 0.25) is 0 Å². The second-order valence-corrected chi connectivity index (χ2v) is 3.32. The molecule has 10 heavy (non-hydrogen) atoms. The van der Waals surface area contributed by atoms with Crippen molar-refractivity contribution in [1.82, 2.24) is 4.98 Å². The van der Waals surface area contributed by atoms with Gasteiger partial charge in [-0.15, -0.1) is 0 Å².